The van der Waals surface area contributed by atoms with Crippen molar-refractivity contribution in [3.8, 4) is 0 Å². The molecule has 0 aliphatic carbocycles. The Labute approximate surface area is 173 Å². The molecule has 156 valence electrons. The fraction of sp³-hybridized carbons (Fsp3) is 0.368. The van der Waals surface area contributed by atoms with Gasteiger partial charge in [0, 0.05) is 26.2 Å². The van der Waals surface area contributed by atoms with Crippen molar-refractivity contribution in [3.05, 3.63) is 52.0 Å². The molecule has 0 unspecified atom stereocenters. The van der Waals surface area contributed by atoms with Crippen molar-refractivity contribution in [1.29, 1.82) is 0 Å². The highest BCUT2D eigenvalue weighted by atomic mass is 32.2. The maximum Gasteiger partial charge on any atom is 0.262 e. The van der Waals surface area contributed by atoms with E-state index in [1.165, 1.54) is 28.6 Å². The van der Waals surface area contributed by atoms with E-state index >= 15 is 0 Å². The minimum Gasteiger partial charge on any atom is -0.354 e. The highest BCUT2D eigenvalue weighted by Gasteiger charge is 2.31. The average molecular weight is 440 g/mol. The van der Waals surface area contributed by atoms with E-state index in [-0.39, 0.29) is 35.2 Å². The molecule has 0 saturated carbocycles. The zero-order chi connectivity index (χ0) is 20.9. The molecule has 1 aromatic heterocycles. The van der Waals surface area contributed by atoms with Gasteiger partial charge in [0.2, 0.25) is 15.9 Å². The van der Waals surface area contributed by atoms with Crippen molar-refractivity contribution in [2.24, 2.45) is 0 Å². The van der Waals surface area contributed by atoms with Gasteiger partial charge in [-0.05, 0) is 42.0 Å². The van der Waals surface area contributed by atoms with Crippen LogP contribution in [0.3, 0.4) is 0 Å². The minimum atomic E-state index is -3.67. The molecule has 10 heteroatoms. The third-order valence-corrected chi connectivity index (χ3v) is 7.49. The lowest BCUT2D eigenvalue weighted by Crippen LogP contribution is -2.36. The fourth-order valence-corrected chi connectivity index (χ4v) is 5.92. The molecule has 1 aliphatic heterocycles. The summed E-state index contributed by atoms with van der Waals surface area (Å²) in [4.78, 5) is 24.5. The normalized spacial score (nSPS) is 14.7. The van der Waals surface area contributed by atoms with Gasteiger partial charge in [-0.2, -0.15) is 4.31 Å². The van der Waals surface area contributed by atoms with E-state index < -0.39 is 21.7 Å². The molecule has 2 N–H and O–H groups in total. The molecule has 0 atom stereocenters. The van der Waals surface area contributed by atoms with Crippen LogP contribution in [0.25, 0.3) is 0 Å². The third-order valence-electron chi connectivity index (χ3n) is 4.50. The lowest BCUT2D eigenvalue weighted by atomic mass is 10.1. The Kier molecular flexibility index (Phi) is 6.99. The largest absolute Gasteiger partial charge is 0.354 e. The Bertz CT molecular complexity index is 985. The van der Waals surface area contributed by atoms with Gasteiger partial charge in [0.1, 0.15) is 15.6 Å². The first kappa shape index (κ1) is 21.4. The van der Waals surface area contributed by atoms with Crippen LogP contribution < -0.4 is 10.6 Å². The standard InChI is InChI=1S/C19H22FN3O4S2/c20-15-5-3-4-14(12-15)13-17(24)21-7-8-22-19(25)18-16(6-11-28-18)29(26,27)23-9-1-2-10-23/h3-6,11-12H,1-2,7-10,13H2,(H,21,24)(H,22,25). The highest BCUT2D eigenvalue weighted by molar-refractivity contribution is 7.89. The number of sulfonamides is 1. The number of hydrogen-bond acceptors (Lipinski definition) is 5. The molecule has 29 heavy (non-hydrogen) atoms. The molecule has 2 amide bonds. The van der Waals surface area contributed by atoms with Gasteiger partial charge in [-0.15, -0.1) is 11.3 Å². The summed E-state index contributed by atoms with van der Waals surface area (Å²) in [5, 5.41) is 6.85. The molecule has 7 nitrogen and oxygen atoms in total. The third kappa shape index (κ3) is 5.40. The van der Waals surface area contributed by atoms with Crippen LogP contribution in [0.4, 0.5) is 4.39 Å². The Morgan fingerprint density at radius 1 is 1.10 bits per heavy atom. The van der Waals surface area contributed by atoms with Crippen molar-refractivity contribution in [1.82, 2.24) is 14.9 Å². The number of nitrogens with zero attached hydrogens (tertiary/aromatic N) is 1. The molecule has 1 aliphatic rings. The van der Waals surface area contributed by atoms with Gasteiger partial charge in [0.05, 0.1) is 6.42 Å². The van der Waals surface area contributed by atoms with E-state index in [9.17, 15) is 22.4 Å². The minimum absolute atomic E-state index is 0.0250. The quantitative estimate of drug-likeness (QED) is 0.613. The zero-order valence-corrected chi connectivity index (χ0v) is 17.3. The van der Waals surface area contributed by atoms with Gasteiger partial charge < -0.3 is 10.6 Å². The van der Waals surface area contributed by atoms with Crippen molar-refractivity contribution >= 4 is 33.2 Å². The van der Waals surface area contributed by atoms with Crippen LogP contribution >= 0.6 is 11.3 Å². The maximum atomic E-state index is 13.1. The molecule has 1 fully saturated rings. The molecular formula is C19H22FN3O4S2. The molecule has 0 radical (unpaired) electrons. The summed E-state index contributed by atoms with van der Waals surface area (Å²) in [6.07, 6.45) is 1.68. The van der Waals surface area contributed by atoms with Crippen LogP contribution in [0.15, 0.2) is 40.6 Å². The van der Waals surface area contributed by atoms with E-state index in [0.29, 0.717) is 18.7 Å². The first-order valence-corrected chi connectivity index (χ1v) is 11.6. The van der Waals surface area contributed by atoms with E-state index in [1.54, 1.807) is 11.4 Å². The summed E-state index contributed by atoms with van der Waals surface area (Å²) in [5.74, 6) is -1.19. The Morgan fingerprint density at radius 3 is 2.55 bits per heavy atom. The Morgan fingerprint density at radius 2 is 1.83 bits per heavy atom. The first-order chi connectivity index (χ1) is 13.9. The van der Waals surface area contributed by atoms with Crippen LogP contribution in [-0.2, 0) is 21.2 Å². The number of carbonyl (C=O) groups excluding carboxylic acids is 2. The molecule has 1 saturated heterocycles. The number of nitrogens with one attached hydrogen (secondary N) is 2. The van der Waals surface area contributed by atoms with Gasteiger partial charge in [-0.1, -0.05) is 12.1 Å². The number of carbonyl (C=O) groups is 2. The Balaban J connectivity index is 1.49. The SMILES string of the molecule is O=C(Cc1cccc(F)c1)NCCNC(=O)c1sccc1S(=O)(=O)N1CCCC1. The van der Waals surface area contributed by atoms with Gasteiger partial charge >= 0.3 is 0 Å². The van der Waals surface area contributed by atoms with Crippen LogP contribution in [0.2, 0.25) is 0 Å². The topological polar surface area (TPSA) is 95.6 Å². The number of hydrogen-bond donors (Lipinski definition) is 2. The summed E-state index contributed by atoms with van der Waals surface area (Å²) in [6, 6.07) is 7.24. The molecule has 1 aromatic carbocycles. The second kappa shape index (κ2) is 9.47. The van der Waals surface area contributed by atoms with E-state index in [2.05, 4.69) is 10.6 Å². The molecule has 2 aromatic rings. The van der Waals surface area contributed by atoms with Gasteiger partial charge in [0.25, 0.3) is 5.91 Å². The number of halogens is 1. The van der Waals surface area contributed by atoms with Crippen molar-refractivity contribution in [2.45, 2.75) is 24.2 Å². The zero-order valence-electron chi connectivity index (χ0n) is 15.7. The van der Waals surface area contributed by atoms with E-state index in [0.717, 1.165) is 24.2 Å². The number of benzene rings is 1. The molecular weight excluding hydrogens is 417 g/mol. The van der Waals surface area contributed by atoms with Gasteiger partial charge in [-0.25, -0.2) is 12.8 Å². The van der Waals surface area contributed by atoms with Crippen LogP contribution in [0.5, 0.6) is 0 Å². The molecule has 3 rings (SSSR count). The average Bonchev–Trinajstić information content (AvgIpc) is 3.37. The number of amides is 2. The monoisotopic (exact) mass is 439 g/mol. The van der Waals surface area contributed by atoms with Crippen LogP contribution in [-0.4, -0.2) is 50.7 Å². The van der Waals surface area contributed by atoms with Crippen LogP contribution in [0, 0.1) is 5.82 Å². The van der Waals surface area contributed by atoms with Crippen molar-refractivity contribution in [3.63, 3.8) is 0 Å². The summed E-state index contributed by atoms with van der Waals surface area (Å²) in [6.45, 7) is 1.27. The lowest BCUT2D eigenvalue weighted by Gasteiger charge is -2.15. The second-order valence-electron chi connectivity index (χ2n) is 6.64. The van der Waals surface area contributed by atoms with Gasteiger partial charge in [0.15, 0.2) is 0 Å². The first-order valence-electron chi connectivity index (χ1n) is 9.25. The smallest absolute Gasteiger partial charge is 0.262 e. The van der Waals surface area contributed by atoms with Crippen molar-refractivity contribution < 1.29 is 22.4 Å². The predicted molar refractivity (Wildman–Crippen MR) is 108 cm³/mol. The maximum absolute atomic E-state index is 13.1. The van der Waals surface area contributed by atoms with Gasteiger partial charge in [-0.3, -0.25) is 9.59 Å². The summed E-state index contributed by atoms with van der Waals surface area (Å²) < 4.78 is 40.0. The number of rotatable bonds is 8. The number of thiophene rings is 1. The summed E-state index contributed by atoms with van der Waals surface area (Å²) in [7, 11) is -3.67. The summed E-state index contributed by atoms with van der Waals surface area (Å²) in [5.41, 5.74) is 0.557. The Hall–Kier alpha value is -2.30. The van der Waals surface area contributed by atoms with E-state index in [1.807, 2.05) is 0 Å². The predicted octanol–water partition coefficient (Wildman–Crippen LogP) is 1.76. The second-order valence-corrected chi connectivity index (χ2v) is 9.46. The molecule has 2 heterocycles. The summed E-state index contributed by atoms with van der Waals surface area (Å²) >= 11 is 1.07. The lowest BCUT2D eigenvalue weighted by molar-refractivity contribution is -0.120. The molecule has 0 bridgehead atoms. The van der Waals surface area contributed by atoms with Crippen LogP contribution in [0.1, 0.15) is 28.1 Å². The fourth-order valence-electron chi connectivity index (χ4n) is 3.09. The van der Waals surface area contributed by atoms with E-state index in [4.69, 9.17) is 0 Å². The van der Waals surface area contributed by atoms with Crippen molar-refractivity contribution in [2.75, 3.05) is 26.2 Å². The highest BCUT2D eigenvalue weighted by Crippen LogP contribution is 2.27. The molecule has 0 spiro atoms.